The van der Waals surface area contributed by atoms with Gasteiger partial charge < -0.3 is 4.57 Å². The highest BCUT2D eigenvalue weighted by Crippen LogP contribution is 2.43. The molecule has 0 saturated carbocycles. The topological polar surface area (TPSA) is 41.6 Å². The second-order valence-corrected chi connectivity index (χ2v) is 14.2. The summed E-state index contributed by atoms with van der Waals surface area (Å²) in [6.07, 6.45) is 1.87. The molecule has 0 unspecified atom stereocenters. The first kappa shape index (κ1) is 31.0. The van der Waals surface area contributed by atoms with Crippen molar-refractivity contribution in [1.29, 1.82) is 5.26 Å². The molecule has 0 aliphatic rings. The van der Waals surface area contributed by atoms with Crippen LogP contribution in [-0.4, -0.2) is 9.55 Å². The van der Waals surface area contributed by atoms with Gasteiger partial charge in [0.05, 0.1) is 28.2 Å². The van der Waals surface area contributed by atoms with Gasteiger partial charge in [0.2, 0.25) is 0 Å². The molecule has 0 saturated heterocycles. The molecule has 55 heavy (non-hydrogen) atoms. The van der Waals surface area contributed by atoms with Gasteiger partial charge in [0.1, 0.15) is 0 Å². The summed E-state index contributed by atoms with van der Waals surface area (Å²) >= 11 is 0. The summed E-state index contributed by atoms with van der Waals surface area (Å²) in [5.41, 5.74) is 11.9. The predicted molar refractivity (Wildman–Crippen MR) is 230 cm³/mol. The lowest BCUT2D eigenvalue weighted by atomic mass is 9.87. The minimum absolute atomic E-state index is 0.650. The molecule has 2 heterocycles. The van der Waals surface area contributed by atoms with Gasteiger partial charge in [-0.05, 0) is 109 Å². The van der Waals surface area contributed by atoms with Crippen molar-refractivity contribution in [2.75, 3.05) is 0 Å². The molecule has 0 aliphatic carbocycles. The van der Waals surface area contributed by atoms with Crippen molar-refractivity contribution in [3.8, 4) is 45.1 Å². The fourth-order valence-electron chi connectivity index (χ4n) is 8.71. The van der Waals surface area contributed by atoms with Crippen LogP contribution >= 0.6 is 0 Å². The monoisotopic (exact) mass is 697 g/mol. The average molecular weight is 698 g/mol. The van der Waals surface area contributed by atoms with Gasteiger partial charge in [0, 0.05) is 33.6 Å². The van der Waals surface area contributed by atoms with E-state index in [9.17, 15) is 5.26 Å². The Morgan fingerprint density at radius 3 is 1.65 bits per heavy atom. The van der Waals surface area contributed by atoms with Crippen LogP contribution in [0.15, 0.2) is 188 Å². The van der Waals surface area contributed by atoms with Gasteiger partial charge in [-0.2, -0.15) is 5.26 Å². The van der Waals surface area contributed by atoms with Crippen LogP contribution in [0, 0.1) is 11.3 Å². The quantitative estimate of drug-likeness (QED) is 0.172. The Hall–Kier alpha value is -7.54. The summed E-state index contributed by atoms with van der Waals surface area (Å²) in [5.74, 6) is 0. The molecular weight excluding hydrogens is 667 g/mol. The number of nitriles is 1. The molecule has 0 fully saturated rings. The molecule has 0 bridgehead atoms. The van der Waals surface area contributed by atoms with E-state index in [4.69, 9.17) is 4.98 Å². The van der Waals surface area contributed by atoms with Crippen LogP contribution in [0.25, 0.3) is 104 Å². The maximum absolute atomic E-state index is 9.79. The number of fused-ring (bicyclic) bond motifs is 9. The molecule has 0 aliphatic heterocycles. The Kier molecular flexibility index (Phi) is 6.92. The normalized spacial score (nSPS) is 11.6. The lowest BCUT2D eigenvalue weighted by molar-refractivity contribution is 1.18. The van der Waals surface area contributed by atoms with E-state index in [1.807, 2.05) is 30.5 Å². The van der Waals surface area contributed by atoms with Crippen LogP contribution in [0.5, 0.6) is 0 Å². The van der Waals surface area contributed by atoms with Crippen molar-refractivity contribution in [2.24, 2.45) is 0 Å². The number of hydrogen-bond acceptors (Lipinski definition) is 2. The first-order valence-corrected chi connectivity index (χ1v) is 18.6. The molecule has 11 rings (SSSR count). The number of rotatable bonds is 4. The zero-order valence-corrected chi connectivity index (χ0v) is 29.7. The van der Waals surface area contributed by atoms with Gasteiger partial charge in [0.15, 0.2) is 0 Å². The van der Waals surface area contributed by atoms with E-state index in [1.54, 1.807) is 0 Å². The van der Waals surface area contributed by atoms with Crippen LogP contribution < -0.4 is 0 Å². The fraction of sp³-hybridized carbons (Fsp3) is 0. The van der Waals surface area contributed by atoms with Crippen LogP contribution in [0.4, 0.5) is 0 Å². The van der Waals surface area contributed by atoms with Gasteiger partial charge in [-0.3, -0.25) is 4.98 Å². The van der Waals surface area contributed by atoms with Crippen molar-refractivity contribution in [2.45, 2.75) is 0 Å². The lowest BCUT2D eigenvalue weighted by Crippen LogP contribution is -1.94. The number of para-hydroxylation sites is 2. The van der Waals surface area contributed by atoms with E-state index >= 15 is 0 Å². The molecular formula is C52H31N3. The standard InChI is InChI=1S/C52H31N3/c53-32-33-19-25-44-45-26-24-37(29-51(45)55(50(44)28-33)38-12-2-1-3-13-38)47-31-49-42-16-6-4-14-40(42)46(30-48(49)43-17-7-5-15-41(43)47)35-22-20-34(21-23-35)39-18-8-10-36-11-9-27-54-52(36)39/h1-31H. The maximum Gasteiger partial charge on any atom is 0.0992 e. The zero-order valence-electron chi connectivity index (χ0n) is 29.7. The average Bonchev–Trinajstić information content (AvgIpc) is 3.58. The summed E-state index contributed by atoms with van der Waals surface area (Å²) in [4.78, 5) is 4.71. The Balaban J connectivity index is 1.12. The molecule has 0 atom stereocenters. The third-order valence-electron chi connectivity index (χ3n) is 11.2. The number of hydrogen-bond donors (Lipinski definition) is 0. The summed E-state index contributed by atoms with van der Waals surface area (Å²) in [6.45, 7) is 0. The summed E-state index contributed by atoms with van der Waals surface area (Å²) in [6, 6.07) is 67.5. The molecule has 11 aromatic rings. The molecule has 0 spiro atoms. The molecule has 9 aromatic carbocycles. The second kappa shape index (κ2) is 12.3. The number of pyridine rings is 1. The Labute approximate surface area is 317 Å². The number of benzene rings is 9. The third-order valence-corrected chi connectivity index (χ3v) is 11.2. The van der Waals surface area contributed by atoms with Gasteiger partial charge in [-0.1, -0.05) is 133 Å². The van der Waals surface area contributed by atoms with Crippen LogP contribution in [0.1, 0.15) is 5.56 Å². The van der Waals surface area contributed by atoms with Gasteiger partial charge in [0.25, 0.3) is 0 Å². The second-order valence-electron chi connectivity index (χ2n) is 14.2. The summed E-state index contributed by atoms with van der Waals surface area (Å²) in [7, 11) is 0. The van der Waals surface area contributed by atoms with Crippen molar-refractivity contribution in [3.05, 3.63) is 194 Å². The summed E-state index contributed by atoms with van der Waals surface area (Å²) < 4.78 is 2.29. The van der Waals surface area contributed by atoms with E-state index in [2.05, 4.69) is 168 Å². The van der Waals surface area contributed by atoms with Gasteiger partial charge in [-0.25, -0.2) is 0 Å². The molecule has 0 radical (unpaired) electrons. The smallest absolute Gasteiger partial charge is 0.0992 e. The van der Waals surface area contributed by atoms with E-state index < -0.39 is 0 Å². The first-order valence-electron chi connectivity index (χ1n) is 18.6. The number of nitrogens with zero attached hydrogens (tertiary/aromatic N) is 3. The number of aromatic nitrogens is 2. The van der Waals surface area contributed by atoms with Crippen molar-refractivity contribution < 1.29 is 0 Å². The van der Waals surface area contributed by atoms with Crippen LogP contribution in [0.3, 0.4) is 0 Å². The Bertz CT molecular complexity index is 3360. The molecule has 3 heteroatoms. The van der Waals surface area contributed by atoms with Crippen LogP contribution in [0.2, 0.25) is 0 Å². The summed E-state index contributed by atoms with van der Waals surface area (Å²) in [5, 5.41) is 20.6. The SMILES string of the molecule is N#Cc1ccc2c3ccc(-c4cc5c6ccccc6c(-c6ccc(-c7cccc8cccnc78)cc6)cc5c5ccccc45)cc3n(-c3ccccc3)c2c1. The van der Waals surface area contributed by atoms with Crippen molar-refractivity contribution >= 4 is 65.0 Å². The third kappa shape index (κ3) is 4.86. The highest BCUT2D eigenvalue weighted by atomic mass is 15.0. The minimum Gasteiger partial charge on any atom is -0.309 e. The van der Waals surface area contributed by atoms with E-state index in [0.717, 1.165) is 55.1 Å². The molecule has 2 aromatic heterocycles. The van der Waals surface area contributed by atoms with E-state index in [-0.39, 0.29) is 0 Å². The highest BCUT2D eigenvalue weighted by molar-refractivity contribution is 6.24. The first-order chi connectivity index (χ1) is 27.2. The predicted octanol–water partition coefficient (Wildman–Crippen LogP) is 13.7. The van der Waals surface area contributed by atoms with Crippen molar-refractivity contribution in [1.82, 2.24) is 9.55 Å². The zero-order chi connectivity index (χ0) is 36.5. The van der Waals surface area contributed by atoms with E-state index in [0.29, 0.717) is 5.56 Å². The Morgan fingerprint density at radius 2 is 0.964 bits per heavy atom. The minimum atomic E-state index is 0.650. The molecule has 0 N–H and O–H groups in total. The fourth-order valence-corrected chi connectivity index (χ4v) is 8.71. The maximum atomic E-state index is 9.79. The van der Waals surface area contributed by atoms with Gasteiger partial charge >= 0.3 is 0 Å². The van der Waals surface area contributed by atoms with Crippen molar-refractivity contribution in [3.63, 3.8) is 0 Å². The molecule has 0 amide bonds. The Morgan fingerprint density at radius 1 is 0.400 bits per heavy atom. The lowest BCUT2D eigenvalue weighted by Gasteiger charge is -2.17. The highest BCUT2D eigenvalue weighted by Gasteiger charge is 2.18. The molecule has 254 valence electrons. The van der Waals surface area contributed by atoms with Gasteiger partial charge in [-0.15, -0.1) is 0 Å². The largest absolute Gasteiger partial charge is 0.309 e. The van der Waals surface area contributed by atoms with E-state index in [1.165, 1.54) is 49.0 Å². The van der Waals surface area contributed by atoms with Crippen LogP contribution in [-0.2, 0) is 0 Å². The molecule has 3 nitrogen and oxygen atoms in total.